The van der Waals surface area contributed by atoms with Gasteiger partial charge in [-0.25, -0.2) is 0 Å². The summed E-state index contributed by atoms with van der Waals surface area (Å²) < 4.78 is 28.5. The minimum Gasteiger partial charge on any atom is -0.497 e. The van der Waals surface area contributed by atoms with Crippen molar-refractivity contribution in [3.63, 3.8) is 0 Å². The van der Waals surface area contributed by atoms with Gasteiger partial charge in [-0.2, -0.15) is 0 Å². The highest BCUT2D eigenvalue weighted by Crippen LogP contribution is 2.35. The Morgan fingerprint density at radius 3 is 2.58 bits per heavy atom. The topological polar surface area (TPSA) is 112 Å². The molecule has 1 fully saturated rings. The van der Waals surface area contributed by atoms with Crippen LogP contribution in [0.2, 0.25) is 0 Å². The minimum absolute atomic E-state index is 0.00976. The summed E-state index contributed by atoms with van der Waals surface area (Å²) >= 11 is 0. The average Bonchev–Trinajstić information content (AvgIpc) is 2.82. The summed E-state index contributed by atoms with van der Waals surface area (Å²) in [5.41, 5.74) is 10.1. The van der Waals surface area contributed by atoms with E-state index < -0.39 is 24.4 Å². The lowest BCUT2D eigenvalue weighted by Gasteiger charge is -2.43. The molecular formula is C24H35N3O6. The second-order valence-corrected chi connectivity index (χ2v) is 8.37. The first-order chi connectivity index (χ1) is 15.8. The predicted octanol–water partition coefficient (Wildman–Crippen LogP) is 4.66. The molecule has 0 aromatic heterocycles. The zero-order chi connectivity index (χ0) is 24.4. The van der Waals surface area contributed by atoms with Crippen LogP contribution < -0.4 is 4.74 Å². The lowest BCUT2D eigenvalue weighted by molar-refractivity contribution is -0.258. The molecule has 3 unspecified atom stereocenters. The molecule has 7 atom stereocenters. The van der Waals surface area contributed by atoms with E-state index in [9.17, 15) is 4.79 Å². The molecule has 0 aliphatic carbocycles. The van der Waals surface area contributed by atoms with E-state index in [2.05, 4.69) is 16.6 Å². The SMILES string of the molecule is C=CCOC(=O)[C@@H](C)C(C)O[C@@H]1OC(COCc2ccc(OC)cc2)[C@H](C)[C@H](C)C1N=[N+]=[N-]. The van der Waals surface area contributed by atoms with Crippen LogP contribution >= 0.6 is 0 Å². The van der Waals surface area contributed by atoms with Crippen molar-refractivity contribution in [2.24, 2.45) is 22.9 Å². The highest BCUT2D eigenvalue weighted by atomic mass is 16.7. The molecule has 1 saturated heterocycles. The molecular weight excluding hydrogens is 426 g/mol. The van der Waals surface area contributed by atoms with Crippen LogP contribution in [0.3, 0.4) is 0 Å². The van der Waals surface area contributed by atoms with Gasteiger partial charge in [-0.05, 0) is 48.9 Å². The number of carbonyl (C=O) groups is 1. The Kier molecular flexibility index (Phi) is 10.7. The molecule has 0 radical (unpaired) electrons. The van der Waals surface area contributed by atoms with Crippen molar-refractivity contribution in [1.29, 1.82) is 0 Å². The van der Waals surface area contributed by atoms with E-state index >= 15 is 0 Å². The molecule has 0 amide bonds. The van der Waals surface area contributed by atoms with Gasteiger partial charge in [0.25, 0.3) is 0 Å². The van der Waals surface area contributed by atoms with Crippen molar-refractivity contribution in [1.82, 2.24) is 0 Å². The van der Waals surface area contributed by atoms with Crippen molar-refractivity contribution in [2.75, 3.05) is 20.3 Å². The Hall–Kier alpha value is -2.58. The van der Waals surface area contributed by atoms with Gasteiger partial charge in [0.15, 0.2) is 6.29 Å². The smallest absolute Gasteiger partial charge is 0.311 e. The monoisotopic (exact) mass is 461 g/mol. The Balaban J connectivity index is 2.02. The second kappa shape index (κ2) is 13.2. The summed E-state index contributed by atoms with van der Waals surface area (Å²) in [5.74, 6) is -0.0670. The highest BCUT2D eigenvalue weighted by molar-refractivity contribution is 5.72. The number of azide groups is 1. The van der Waals surface area contributed by atoms with E-state index in [1.807, 2.05) is 38.1 Å². The Morgan fingerprint density at radius 1 is 1.27 bits per heavy atom. The number of nitrogens with zero attached hydrogens (tertiary/aromatic N) is 3. The first-order valence-corrected chi connectivity index (χ1v) is 11.2. The zero-order valence-corrected chi connectivity index (χ0v) is 20.0. The predicted molar refractivity (Wildman–Crippen MR) is 123 cm³/mol. The summed E-state index contributed by atoms with van der Waals surface area (Å²) in [6.45, 7) is 12.0. The van der Waals surface area contributed by atoms with Crippen LogP contribution in [0.1, 0.15) is 33.3 Å². The summed E-state index contributed by atoms with van der Waals surface area (Å²) in [6.07, 6.45) is -0.0577. The second-order valence-electron chi connectivity index (χ2n) is 8.37. The number of hydrogen-bond donors (Lipinski definition) is 0. The molecule has 1 aromatic rings. The van der Waals surface area contributed by atoms with Crippen molar-refractivity contribution < 1.29 is 28.5 Å². The number of rotatable bonds is 12. The van der Waals surface area contributed by atoms with E-state index in [0.29, 0.717) is 13.2 Å². The van der Waals surface area contributed by atoms with Crippen LogP contribution in [0.5, 0.6) is 5.75 Å². The molecule has 0 N–H and O–H groups in total. The normalized spacial score (nSPS) is 26.5. The maximum absolute atomic E-state index is 12.2. The molecule has 0 bridgehead atoms. The summed E-state index contributed by atoms with van der Waals surface area (Å²) in [4.78, 5) is 15.2. The molecule has 0 saturated carbocycles. The van der Waals surface area contributed by atoms with Crippen LogP contribution in [-0.2, 0) is 30.3 Å². The van der Waals surface area contributed by atoms with Gasteiger partial charge in [-0.1, -0.05) is 43.7 Å². The molecule has 9 heteroatoms. The van der Waals surface area contributed by atoms with Gasteiger partial charge >= 0.3 is 5.97 Å². The molecule has 0 spiro atoms. The van der Waals surface area contributed by atoms with Crippen LogP contribution in [0.25, 0.3) is 10.4 Å². The van der Waals surface area contributed by atoms with Crippen molar-refractivity contribution in [2.45, 2.75) is 58.8 Å². The van der Waals surface area contributed by atoms with E-state index in [-0.39, 0.29) is 30.5 Å². The molecule has 1 aliphatic rings. The molecule has 1 heterocycles. The van der Waals surface area contributed by atoms with Gasteiger partial charge in [0, 0.05) is 4.91 Å². The standard InChI is InChI=1S/C24H35N3O6/c1-7-12-31-23(28)17(4)18(5)32-24-22(26-27-25)16(3)15(2)21(33-24)14-30-13-19-8-10-20(29-6)11-9-19/h7-11,15-18,21-22,24H,1,12-14H2,2-6H3/t15-,16+,17+,18?,21?,22?,24-/m1/s1. The lowest BCUT2D eigenvalue weighted by Crippen LogP contribution is -2.52. The quantitative estimate of drug-likeness (QED) is 0.147. The average molecular weight is 462 g/mol. The summed E-state index contributed by atoms with van der Waals surface area (Å²) in [6, 6.07) is 7.14. The fourth-order valence-corrected chi connectivity index (χ4v) is 3.61. The third kappa shape index (κ3) is 7.47. The van der Waals surface area contributed by atoms with Crippen LogP contribution in [-0.4, -0.2) is 50.8 Å². The first-order valence-electron chi connectivity index (χ1n) is 11.2. The fraction of sp³-hybridized carbons (Fsp3) is 0.625. The Labute approximate surface area is 195 Å². The summed E-state index contributed by atoms with van der Waals surface area (Å²) in [5, 5.41) is 3.93. The first kappa shape index (κ1) is 26.7. The van der Waals surface area contributed by atoms with Crippen molar-refractivity contribution in [3.05, 3.63) is 52.9 Å². The number of ether oxygens (including phenoxy) is 5. The molecule has 1 aromatic carbocycles. The molecule has 2 rings (SSSR count). The molecule has 9 nitrogen and oxygen atoms in total. The van der Waals surface area contributed by atoms with Crippen LogP contribution in [0.4, 0.5) is 0 Å². The number of methoxy groups -OCH3 is 1. The maximum Gasteiger partial charge on any atom is 0.311 e. The van der Waals surface area contributed by atoms with Crippen molar-refractivity contribution in [3.8, 4) is 5.75 Å². The fourth-order valence-electron chi connectivity index (χ4n) is 3.61. The van der Waals surface area contributed by atoms with E-state index in [4.69, 9.17) is 29.2 Å². The maximum atomic E-state index is 12.2. The van der Waals surface area contributed by atoms with Gasteiger partial charge in [-0.15, -0.1) is 0 Å². The molecule has 1 aliphatic heterocycles. The van der Waals surface area contributed by atoms with Gasteiger partial charge in [0.1, 0.15) is 12.4 Å². The van der Waals surface area contributed by atoms with Crippen molar-refractivity contribution >= 4 is 5.97 Å². The number of carbonyl (C=O) groups excluding carboxylic acids is 1. The van der Waals surface area contributed by atoms with Gasteiger partial charge in [0.05, 0.1) is 44.5 Å². The Morgan fingerprint density at radius 2 is 1.97 bits per heavy atom. The molecule has 33 heavy (non-hydrogen) atoms. The minimum atomic E-state index is -0.800. The number of benzene rings is 1. The lowest BCUT2D eigenvalue weighted by atomic mass is 9.82. The third-order valence-electron chi connectivity index (χ3n) is 6.21. The Bertz CT molecular complexity index is 811. The molecule has 182 valence electrons. The highest BCUT2D eigenvalue weighted by Gasteiger charge is 2.43. The number of esters is 1. The van der Waals surface area contributed by atoms with E-state index in [1.165, 1.54) is 6.08 Å². The van der Waals surface area contributed by atoms with Gasteiger partial charge in [-0.3, -0.25) is 4.79 Å². The zero-order valence-electron chi connectivity index (χ0n) is 20.0. The third-order valence-corrected chi connectivity index (χ3v) is 6.21. The van der Waals surface area contributed by atoms with Gasteiger partial charge in [0.2, 0.25) is 0 Å². The van der Waals surface area contributed by atoms with E-state index in [0.717, 1.165) is 11.3 Å². The van der Waals surface area contributed by atoms with Crippen LogP contribution in [0, 0.1) is 17.8 Å². The van der Waals surface area contributed by atoms with Crippen LogP contribution in [0.15, 0.2) is 42.0 Å². The van der Waals surface area contributed by atoms with E-state index in [1.54, 1.807) is 21.0 Å². The largest absolute Gasteiger partial charge is 0.497 e. The summed E-state index contributed by atoms with van der Waals surface area (Å²) in [7, 11) is 1.63. The number of hydrogen-bond acceptors (Lipinski definition) is 7. The van der Waals surface area contributed by atoms with Gasteiger partial charge < -0.3 is 23.7 Å².